The van der Waals surface area contributed by atoms with E-state index in [1.807, 2.05) is 0 Å². The van der Waals surface area contributed by atoms with Crippen LogP contribution < -0.4 is 0 Å². The van der Waals surface area contributed by atoms with E-state index in [1.165, 1.54) is 18.9 Å². The standard InChI is InChI=1S/C18H24F2O4/c1-2-3-4-12-8-21-18(22-9-12)14-10-23-17(24-11-14)13-5-6-15(19)16(20)7-13/h5-7,12,14,17-18H,2-4,8-11H2,1H3. The highest BCUT2D eigenvalue weighted by Crippen LogP contribution is 2.30. The first-order valence-electron chi connectivity index (χ1n) is 8.58. The van der Waals surface area contributed by atoms with E-state index in [1.54, 1.807) is 0 Å². The van der Waals surface area contributed by atoms with Crippen LogP contribution >= 0.6 is 0 Å². The van der Waals surface area contributed by atoms with E-state index < -0.39 is 17.9 Å². The van der Waals surface area contributed by atoms with E-state index in [4.69, 9.17) is 18.9 Å². The van der Waals surface area contributed by atoms with Crippen LogP contribution in [-0.2, 0) is 18.9 Å². The van der Waals surface area contributed by atoms with Crippen molar-refractivity contribution in [2.45, 2.75) is 38.8 Å². The van der Waals surface area contributed by atoms with Crippen LogP contribution in [0.5, 0.6) is 0 Å². The fourth-order valence-electron chi connectivity index (χ4n) is 3.02. The fraction of sp³-hybridized carbons (Fsp3) is 0.667. The molecular formula is C18H24F2O4. The molecule has 2 fully saturated rings. The second kappa shape index (κ2) is 8.34. The van der Waals surface area contributed by atoms with E-state index in [-0.39, 0.29) is 12.2 Å². The molecule has 2 aliphatic heterocycles. The highest BCUT2D eigenvalue weighted by Gasteiger charge is 2.34. The molecule has 24 heavy (non-hydrogen) atoms. The molecule has 2 heterocycles. The van der Waals surface area contributed by atoms with Gasteiger partial charge in [0, 0.05) is 11.5 Å². The average molecular weight is 342 g/mol. The van der Waals surface area contributed by atoms with Gasteiger partial charge in [0.1, 0.15) is 0 Å². The highest BCUT2D eigenvalue weighted by molar-refractivity contribution is 5.19. The molecule has 0 N–H and O–H groups in total. The quantitative estimate of drug-likeness (QED) is 0.815. The second-order valence-corrected chi connectivity index (χ2v) is 6.48. The molecule has 0 bridgehead atoms. The van der Waals surface area contributed by atoms with Gasteiger partial charge in [-0.3, -0.25) is 0 Å². The Morgan fingerprint density at radius 3 is 2.29 bits per heavy atom. The van der Waals surface area contributed by atoms with Gasteiger partial charge < -0.3 is 18.9 Å². The Bertz CT molecular complexity index is 524. The van der Waals surface area contributed by atoms with Crippen LogP contribution in [0.1, 0.15) is 38.0 Å². The minimum absolute atomic E-state index is 0.0151. The zero-order valence-corrected chi connectivity index (χ0v) is 13.9. The number of ether oxygens (including phenoxy) is 4. The molecule has 134 valence electrons. The lowest BCUT2D eigenvalue weighted by Gasteiger charge is -2.37. The number of hydrogen-bond donors (Lipinski definition) is 0. The van der Waals surface area contributed by atoms with E-state index in [0.29, 0.717) is 37.9 Å². The summed E-state index contributed by atoms with van der Waals surface area (Å²) in [5.41, 5.74) is 0.470. The summed E-state index contributed by atoms with van der Waals surface area (Å²) < 4.78 is 49.2. The molecule has 0 unspecified atom stereocenters. The van der Waals surface area contributed by atoms with Gasteiger partial charge in [-0.25, -0.2) is 8.78 Å². The summed E-state index contributed by atoms with van der Waals surface area (Å²) >= 11 is 0. The summed E-state index contributed by atoms with van der Waals surface area (Å²) in [5, 5.41) is 0. The summed E-state index contributed by atoms with van der Waals surface area (Å²) in [4.78, 5) is 0. The third-order valence-electron chi connectivity index (χ3n) is 4.48. The summed E-state index contributed by atoms with van der Waals surface area (Å²) in [7, 11) is 0. The zero-order chi connectivity index (χ0) is 16.9. The minimum atomic E-state index is -0.904. The number of unbranched alkanes of at least 4 members (excludes halogenated alkanes) is 1. The third kappa shape index (κ3) is 4.30. The first-order valence-corrected chi connectivity index (χ1v) is 8.58. The molecule has 1 aromatic rings. The number of halogens is 2. The lowest BCUT2D eigenvalue weighted by Crippen LogP contribution is -2.43. The first kappa shape index (κ1) is 17.7. The molecule has 4 nitrogen and oxygen atoms in total. The SMILES string of the molecule is CCCCC1COC(C2COC(c3ccc(F)c(F)c3)OC2)OC1. The monoisotopic (exact) mass is 342 g/mol. The Balaban J connectivity index is 1.46. The maximum absolute atomic E-state index is 13.3. The molecule has 0 saturated carbocycles. The van der Waals surface area contributed by atoms with Gasteiger partial charge in [-0.05, 0) is 18.6 Å². The molecule has 2 saturated heterocycles. The Labute approximate surface area is 141 Å². The van der Waals surface area contributed by atoms with Crippen molar-refractivity contribution < 1.29 is 27.7 Å². The maximum atomic E-state index is 13.3. The first-order chi connectivity index (χ1) is 11.7. The molecule has 0 aliphatic carbocycles. The number of rotatable bonds is 5. The smallest absolute Gasteiger partial charge is 0.183 e. The van der Waals surface area contributed by atoms with Crippen molar-refractivity contribution in [3.8, 4) is 0 Å². The van der Waals surface area contributed by atoms with E-state index in [0.717, 1.165) is 18.6 Å². The van der Waals surface area contributed by atoms with Gasteiger partial charge in [-0.2, -0.15) is 0 Å². The van der Waals surface area contributed by atoms with Crippen molar-refractivity contribution in [2.24, 2.45) is 11.8 Å². The largest absolute Gasteiger partial charge is 0.352 e. The molecule has 0 radical (unpaired) electrons. The van der Waals surface area contributed by atoms with Gasteiger partial charge >= 0.3 is 0 Å². The molecule has 0 atom stereocenters. The lowest BCUT2D eigenvalue weighted by atomic mass is 10.0. The summed E-state index contributed by atoms with van der Waals surface area (Å²) in [6, 6.07) is 3.65. The molecule has 6 heteroatoms. The zero-order valence-electron chi connectivity index (χ0n) is 13.9. The van der Waals surface area contributed by atoms with Crippen molar-refractivity contribution >= 4 is 0 Å². The van der Waals surface area contributed by atoms with E-state index >= 15 is 0 Å². The Morgan fingerprint density at radius 2 is 1.67 bits per heavy atom. The van der Waals surface area contributed by atoms with Crippen molar-refractivity contribution in [3.05, 3.63) is 35.4 Å². The Morgan fingerprint density at radius 1 is 0.958 bits per heavy atom. The molecular weight excluding hydrogens is 318 g/mol. The van der Waals surface area contributed by atoms with Gasteiger partial charge in [0.15, 0.2) is 24.2 Å². The number of hydrogen-bond acceptors (Lipinski definition) is 4. The topological polar surface area (TPSA) is 36.9 Å². The van der Waals surface area contributed by atoms with Crippen molar-refractivity contribution in [2.75, 3.05) is 26.4 Å². The normalized spacial score (nSPS) is 31.1. The Kier molecular flexibility index (Phi) is 6.16. The summed E-state index contributed by atoms with van der Waals surface area (Å²) in [6.45, 7) is 4.37. The van der Waals surface area contributed by atoms with Crippen LogP contribution in [0.4, 0.5) is 8.78 Å². The summed E-state index contributed by atoms with van der Waals surface area (Å²) in [5.74, 6) is -1.34. The highest BCUT2D eigenvalue weighted by atomic mass is 19.2. The van der Waals surface area contributed by atoms with Crippen LogP contribution in [-0.4, -0.2) is 32.7 Å². The molecule has 0 spiro atoms. The average Bonchev–Trinajstić information content (AvgIpc) is 2.63. The number of benzene rings is 1. The fourth-order valence-corrected chi connectivity index (χ4v) is 3.02. The molecule has 0 amide bonds. The second-order valence-electron chi connectivity index (χ2n) is 6.48. The Hall–Kier alpha value is -1.08. The van der Waals surface area contributed by atoms with E-state index in [2.05, 4.69) is 6.92 Å². The van der Waals surface area contributed by atoms with Gasteiger partial charge in [0.25, 0.3) is 0 Å². The molecule has 1 aromatic carbocycles. The van der Waals surface area contributed by atoms with Crippen LogP contribution in [0.15, 0.2) is 18.2 Å². The van der Waals surface area contributed by atoms with Crippen molar-refractivity contribution in [3.63, 3.8) is 0 Å². The molecule has 0 aromatic heterocycles. The molecule has 2 aliphatic rings. The molecule has 3 rings (SSSR count). The van der Waals surface area contributed by atoms with E-state index in [9.17, 15) is 8.78 Å². The van der Waals surface area contributed by atoms with Crippen molar-refractivity contribution in [1.29, 1.82) is 0 Å². The lowest BCUT2D eigenvalue weighted by molar-refractivity contribution is -0.283. The maximum Gasteiger partial charge on any atom is 0.183 e. The van der Waals surface area contributed by atoms with Crippen LogP contribution in [0.3, 0.4) is 0 Å². The summed E-state index contributed by atoms with van der Waals surface area (Å²) in [6.07, 6.45) is 2.48. The minimum Gasteiger partial charge on any atom is -0.352 e. The van der Waals surface area contributed by atoms with Gasteiger partial charge in [-0.1, -0.05) is 25.8 Å². The van der Waals surface area contributed by atoms with Gasteiger partial charge in [0.05, 0.1) is 32.3 Å². The van der Waals surface area contributed by atoms with Gasteiger partial charge in [0.2, 0.25) is 0 Å². The third-order valence-corrected chi connectivity index (χ3v) is 4.48. The van der Waals surface area contributed by atoms with Crippen LogP contribution in [0.2, 0.25) is 0 Å². The van der Waals surface area contributed by atoms with Crippen LogP contribution in [0.25, 0.3) is 0 Å². The van der Waals surface area contributed by atoms with Crippen molar-refractivity contribution in [1.82, 2.24) is 0 Å². The predicted molar refractivity (Wildman–Crippen MR) is 83.2 cm³/mol. The van der Waals surface area contributed by atoms with Gasteiger partial charge in [-0.15, -0.1) is 0 Å². The predicted octanol–water partition coefficient (Wildman–Crippen LogP) is 3.81. The van der Waals surface area contributed by atoms with Crippen LogP contribution in [0, 0.1) is 23.5 Å².